The number of hydrogen-bond acceptors (Lipinski definition) is 4. The Labute approximate surface area is 157 Å². The van der Waals surface area contributed by atoms with Crippen molar-refractivity contribution in [2.24, 2.45) is 0 Å². The van der Waals surface area contributed by atoms with Gasteiger partial charge < -0.3 is 20.1 Å². The maximum Gasteiger partial charge on any atom is 0.418 e. The van der Waals surface area contributed by atoms with Crippen LogP contribution in [0.4, 0.5) is 24.5 Å². The molecule has 0 saturated heterocycles. The van der Waals surface area contributed by atoms with E-state index in [1.54, 1.807) is 0 Å². The van der Waals surface area contributed by atoms with Gasteiger partial charge in [0.1, 0.15) is 0 Å². The van der Waals surface area contributed by atoms with Crippen LogP contribution in [0, 0.1) is 0 Å². The highest BCUT2D eigenvalue weighted by Gasteiger charge is 2.34. The van der Waals surface area contributed by atoms with Crippen molar-refractivity contribution >= 4 is 34.8 Å². The standard InChI is InChI=1S/C17H14ClF3N2O4/c1-26-13-6-4-10(8-14(13)27-2)22-15(24)16(25)23-12-5-3-9(18)7-11(12)17(19,20)21/h3-8H,1-2H3,(H,22,24)(H,23,25). The maximum atomic E-state index is 13.0. The first kappa shape index (κ1) is 20.4. The summed E-state index contributed by atoms with van der Waals surface area (Å²) in [5.74, 6) is -1.74. The van der Waals surface area contributed by atoms with E-state index in [-0.39, 0.29) is 10.7 Å². The van der Waals surface area contributed by atoms with Crippen molar-refractivity contribution in [2.75, 3.05) is 24.9 Å². The molecule has 2 rings (SSSR count). The van der Waals surface area contributed by atoms with Gasteiger partial charge in [-0.2, -0.15) is 13.2 Å². The Morgan fingerprint density at radius 1 is 0.926 bits per heavy atom. The van der Waals surface area contributed by atoms with Crippen molar-refractivity contribution in [3.05, 3.63) is 47.0 Å². The number of amides is 2. The number of nitrogens with one attached hydrogen (secondary N) is 2. The molecule has 27 heavy (non-hydrogen) atoms. The highest BCUT2D eigenvalue weighted by molar-refractivity contribution is 6.43. The molecule has 6 nitrogen and oxygen atoms in total. The molecule has 0 aliphatic carbocycles. The van der Waals surface area contributed by atoms with E-state index in [0.717, 1.165) is 6.07 Å². The fourth-order valence-electron chi connectivity index (χ4n) is 2.14. The van der Waals surface area contributed by atoms with Crippen molar-refractivity contribution in [3.63, 3.8) is 0 Å². The number of benzene rings is 2. The second kappa shape index (κ2) is 8.17. The molecular weight excluding hydrogens is 389 g/mol. The molecule has 0 aliphatic rings. The van der Waals surface area contributed by atoms with Crippen molar-refractivity contribution in [3.8, 4) is 11.5 Å². The molecule has 0 saturated carbocycles. The summed E-state index contributed by atoms with van der Waals surface area (Å²) in [5, 5.41) is 4.04. The van der Waals surface area contributed by atoms with Gasteiger partial charge in [-0.05, 0) is 30.3 Å². The van der Waals surface area contributed by atoms with E-state index >= 15 is 0 Å². The third kappa shape index (κ3) is 5.04. The van der Waals surface area contributed by atoms with E-state index in [1.807, 2.05) is 5.32 Å². The van der Waals surface area contributed by atoms with Gasteiger partial charge in [-0.15, -0.1) is 0 Å². The van der Waals surface area contributed by atoms with Crippen LogP contribution in [0.15, 0.2) is 36.4 Å². The number of methoxy groups -OCH3 is 2. The predicted octanol–water partition coefficient (Wildman–Crippen LogP) is 3.95. The highest BCUT2D eigenvalue weighted by atomic mass is 35.5. The van der Waals surface area contributed by atoms with Gasteiger partial charge in [0.05, 0.1) is 25.5 Å². The average molecular weight is 403 g/mol. The molecule has 0 spiro atoms. The Morgan fingerprint density at radius 2 is 1.56 bits per heavy atom. The zero-order valence-electron chi connectivity index (χ0n) is 14.1. The largest absolute Gasteiger partial charge is 0.493 e. The zero-order chi connectivity index (χ0) is 20.2. The molecule has 0 unspecified atom stereocenters. The number of carbonyl (C=O) groups excluding carboxylic acids is 2. The Morgan fingerprint density at radius 3 is 2.15 bits per heavy atom. The van der Waals surface area contributed by atoms with Crippen molar-refractivity contribution in [1.82, 2.24) is 0 Å². The monoisotopic (exact) mass is 402 g/mol. The molecule has 0 aromatic heterocycles. The van der Waals surface area contributed by atoms with Crippen LogP contribution < -0.4 is 20.1 Å². The molecule has 2 aromatic rings. The lowest BCUT2D eigenvalue weighted by Crippen LogP contribution is -2.30. The van der Waals surface area contributed by atoms with Crippen molar-refractivity contribution in [2.45, 2.75) is 6.18 Å². The summed E-state index contributed by atoms with van der Waals surface area (Å²) in [6.07, 6.45) is -4.76. The summed E-state index contributed by atoms with van der Waals surface area (Å²) >= 11 is 5.57. The van der Waals surface area contributed by atoms with E-state index < -0.39 is 29.2 Å². The first-order valence-corrected chi connectivity index (χ1v) is 7.74. The maximum absolute atomic E-state index is 13.0. The summed E-state index contributed by atoms with van der Waals surface area (Å²) in [7, 11) is 2.81. The number of hydrogen-bond donors (Lipinski definition) is 2. The Bertz CT molecular complexity index is 872. The van der Waals surface area contributed by atoms with Crippen LogP contribution in [0.1, 0.15) is 5.56 Å². The molecule has 144 valence electrons. The topological polar surface area (TPSA) is 76.7 Å². The summed E-state index contributed by atoms with van der Waals surface area (Å²) in [5.41, 5.74) is -1.55. The number of anilines is 2. The van der Waals surface area contributed by atoms with Crippen LogP contribution in [0.25, 0.3) is 0 Å². The van der Waals surface area contributed by atoms with Gasteiger partial charge in [0.15, 0.2) is 11.5 Å². The highest BCUT2D eigenvalue weighted by Crippen LogP contribution is 2.36. The van der Waals surface area contributed by atoms with Crippen LogP contribution >= 0.6 is 11.6 Å². The van der Waals surface area contributed by atoms with E-state index in [2.05, 4.69) is 5.32 Å². The summed E-state index contributed by atoms with van der Waals surface area (Å²) in [6, 6.07) is 7.12. The summed E-state index contributed by atoms with van der Waals surface area (Å²) < 4.78 is 49.2. The molecule has 0 aliphatic heterocycles. The zero-order valence-corrected chi connectivity index (χ0v) is 14.9. The third-order valence-electron chi connectivity index (χ3n) is 3.38. The van der Waals surface area contributed by atoms with E-state index in [0.29, 0.717) is 17.6 Å². The minimum atomic E-state index is -4.76. The minimum Gasteiger partial charge on any atom is -0.493 e. The predicted molar refractivity (Wildman–Crippen MR) is 93.3 cm³/mol. The number of carbonyl (C=O) groups is 2. The molecule has 0 atom stereocenters. The van der Waals surface area contributed by atoms with E-state index in [4.69, 9.17) is 21.1 Å². The molecule has 10 heteroatoms. The SMILES string of the molecule is COc1ccc(NC(=O)C(=O)Nc2ccc(Cl)cc2C(F)(F)F)cc1OC. The summed E-state index contributed by atoms with van der Waals surface area (Å²) in [6.45, 7) is 0. The molecule has 0 heterocycles. The quantitative estimate of drug-likeness (QED) is 0.759. The van der Waals surface area contributed by atoms with Gasteiger partial charge in [0, 0.05) is 16.8 Å². The van der Waals surface area contributed by atoms with Crippen LogP contribution in [0.3, 0.4) is 0 Å². The lowest BCUT2D eigenvalue weighted by atomic mass is 10.1. The van der Waals surface area contributed by atoms with E-state index in [1.165, 1.54) is 38.5 Å². The van der Waals surface area contributed by atoms with E-state index in [9.17, 15) is 22.8 Å². The third-order valence-corrected chi connectivity index (χ3v) is 3.62. The Kier molecular flexibility index (Phi) is 6.17. The van der Waals surface area contributed by atoms with Gasteiger partial charge in [-0.25, -0.2) is 0 Å². The number of rotatable bonds is 4. The number of alkyl halides is 3. The molecule has 0 fully saturated rings. The minimum absolute atomic E-state index is 0.157. The van der Waals surface area contributed by atoms with Crippen LogP contribution in [-0.4, -0.2) is 26.0 Å². The van der Waals surface area contributed by atoms with Crippen molar-refractivity contribution in [1.29, 1.82) is 0 Å². The van der Waals surface area contributed by atoms with Gasteiger partial charge in [0.25, 0.3) is 0 Å². The van der Waals surface area contributed by atoms with Gasteiger partial charge in [-0.1, -0.05) is 11.6 Å². The lowest BCUT2D eigenvalue weighted by Gasteiger charge is -2.14. The average Bonchev–Trinajstić information content (AvgIpc) is 2.62. The fourth-order valence-corrected chi connectivity index (χ4v) is 2.31. The van der Waals surface area contributed by atoms with Gasteiger partial charge in [-0.3, -0.25) is 9.59 Å². The fraction of sp³-hybridized carbons (Fsp3) is 0.176. The molecule has 0 radical (unpaired) electrons. The number of halogens is 4. The Balaban J connectivity index is 2.17. The smallest absolute Gasteiger partial charge is 0.418 e. The Hall–Kier alpha value is -2.94. The molecule has 2 aromatic carbocycles. The lowest BCUT2D eigenvalue weighted by molar-refractivity contribution is -0.137. The second-order valence-corrected chi connectivity index (χ2v) is 5.60. The van der Waals surface area contributed by atoms with Crippen LogP contribution in [0.5, 0.6) is 11.5 Å². The molecule has 2 N–H and O–H groups in total. The summed E-state index contributed by atoms with van der Waals surface area (Å²) in [4.78, 5) is 24.0. The first-order valence-electron chi connectivity index (χ1n) is 7.36. The van der Waals surface area contributed by atoms with Crippen LogP contribution in [0.2, 0.25) is 5.02 Å². The normalized spacial score (nSPS) is 10.9. The second-order valence-electron chi connectivity index (χ2n) is 5.17. The molecule has 2 amide bonds. The van der Waals surface area contributed by atoms with Crippen LogP contribution in [-0.2, 0) is 15.8 Å². The first-order chi connectivity index (χ1) is 12.7. The molecule has 0 bridgehead atoms. The molecular formula is C17H14ClF3N2O4. The van der Waals surface area contributed by atoms with Gasteiger partial charge >= 0.3 is 18.0 Å². The number of ether oxygens (including phenoxy) is 2. The van der Waals surface area contributed by atoms with Gasteiger partial charge in [0.2, 0.25) is 0 Å². The van der Waals surface area contributed by atoms with Crippen molar-refractivity contribution < 1.29 is 32.2 Å².